The predicted octanol–water partition coefficient (Wildman–Crippen LogP) is 2.78. The van der Waals surface area contributed by atoms with Gasteiger partial charge in [0.2, 0.25) is 3.79 Å². The van der Waals surface area contributed by atoms with Crippen molar-refractivity contribution in [3.63, 3.8) is 0 Å². The number of hydrogen-bond donors (Lipinski definition) is 0. The fourth-order valence-corrected chi connectivity index (χ4v) is 2.75. The van der Waals surface area contributed by atoms with Crippen molar-refractivity contribution >= 4 is 40.7 Å². The Kier molecular flexibility index (Phi) is 4.07. The van der Waals surface area contributed by atoms with Crippen molar-refractivity contribution in [3.8, 4) is 0 Å². The number of methoxy groups -OCH3 is 1. The van der Waals surface area contributed by atoms with E-state index in [4.69, 9.17) is 39.5 Å². The van der Waals surface area contributed by atoms with Gasteiger partial charge in [-0.05, 0) is 5.56 Å². The van der Waals surface area contributed by atoms with Crippen molar-refractivity contribution in [1.82, 2.24) is 4.90 Å². The lowest BCUT2D eigenvalue weighted by atomic mass is 9.98. The first-order chi connectivity index (χ1) is 8.45. The molecule has 0 saturated carbocycles. The van der Waals surface area contributed by atoms with Gasteiger partial charge in [0.05, 0.1) is 0 Å². The minimum atomic E-state index is -1.55. The molecular weight excluding hydrogens is 296 g/mol. The van der Waals surface area contributed by atoms with E-state index < -0.39 is 15.9 Å². The Hall–Kier alpha value is -0.480. The van der Waals surface area contributed by atoms with E-state index >= 15 is 0 Å². The van der Waals surface area contributed by atoms with Crippen molar-refractivity contribution in [2.75, 3.05) is 7.11 Å². The molecule has 1 aromatic carbocycles. The standard InChI is InChI=1S/C12H12Cl3NO2/c1-18-9-10(12(13,14)15)16(11(9)17)7-8-5-3-2-4-6-8/h2-6,9-10H,7H2,1H3/t9-,10-/m0/s1. The molecule has 2 rings (SSSR count). The zero-order valence-corrected chi connectivity index (χ0v) is 11.9. The first-order valence-electron chi connectivity index (χ1n) is 5.39. The van der Waals surface area contributed by atoms with Gasteiger partial charge in [0.25, 0.3) is 5.91 Å². The Bertz CT molecular complexity index is 433. The third-order valence-corrected chi connectivity index (χ3v) is 3.60. The van der Waals surface area contributed by atoms with Crippen LogP contribution in [-0.2, 0) is 16.1 Å². The minimum Gasteiger partial charge on any atom is -0.369 e. The van der Waals surface area contributed by atoms with Crippen LogP contribution in [0.3, 0.4) is 0 Å². The minimum absolute atomic E-state index is 0.155. The number of nitrogens with zero attached hydrogens (tertiary/aromatic N) is 1. The number of halogens is 3. The van der Waals surface area contributed by atoms with Crippen LogP contribution < -0.4 is 0 Å². The van der Waals surface area contributed by atoms with Crippen LogP contribution in [-0.4, -0.2) is 33.9 Å². The number of ether oxygens (including phenoxy) is 1. The summed E-state index contributed by atoms with van der Waals surface area (Å²) in [6.45, 7) is 0.415. The summed E-state index contributed by atoms with van der Waals surface area (Å²) in [7, 11) is 1.44. The number of benzene rings is 1. The fraction of sp³-hybridized carbons (Fsp3) is 0.417. The average Bonchev–Trinajstić information content (AvgIpc) is 2.32. The molecule has 1 aliphatic rings. The molecule has 1 heterocycles. The second-order valence-electron chi connectivity index (χ2n) is 4.09. The lowest BCUT2D eigenvalue weighted by molar-refractivity contribution is -0.171. The van der Waals surface area contributed by atoms with Crippen LogP contribution in [0, 0.1) is 0 Å². The number of alkyl halides is 3. The normalized spacial score (nSPS) is 24.0. The molecule has 18 heavy (non-hydrogen) atoms. The molecule has 2 atom stereocenters. The van der Waals surface area contributed by atoms with Crippen molar-refractivity contribution in [2.45, 2.75) is 22.5 Å². The molecule has 0 unspecified atom stereocenters. The van der Waals surface area contributed by atoms with E-state index in [-0.39, 0.29) is 5.91 Å². The quantitative estimate of drug-likeness (QED) is 0.635. The number of amides is 1. The monoisotopic (exact) mass is 307 g/mol. The van der Waals surface area contributed by atoms with Crippen LogP contribution in [0.1, 0.15) is 5.56 Å². The zero-order valence-electron chi connectivity index (χ0n) is 9.65. The number of carbonyl (C=O) groups excluding carboxylic acids is 1. The van der Waals surface area contributed by atoms with E-state index in [0.29, 0.717) is 6.54 Å². The van der Waals surface area contributed by atoms with Gasteiger partial charge in [-0.3, -0.25) is 4.79 Å². The van der Waals surface area contributed by atoms with Gasteiger partial charge >= 0.3 is 0 Å². The predicted molar refractivity (Wildman–Crippen MR) is 71.9 cm³/mol. The van der Waals surface area contributed by atoms with Crippen molar-refractivity contribution in [2.24, 2.45) is 0 Å². The van der Waals surface area contributed by atoms with E-state index in [0.717, 1.165) is 5.56 Å². The van der Waals surface area contributed by atoms with Crippen LogP contribution in [0.25, 0.3) is 0 Å². The molecule has 0 aromatic heterocycles. The molecule has 1 saturated heterocycles. The Balaban J connectivity index is 2.15. The number of hydrogen-bond acceptors (Lipinski definition) is 2. The highest BCUT2D eigenvalue weighted by Crippen LogP contribution is 2.42. The van der Waals surface area contributed by atoms with Crippen LogP contribution in [0.5, 0.6) is 0 Å². The largest absolute Gasteiger partial charge is 0.369 e. The highest BCUT2D eigenvalue weighted by atomic mass is 35.6. The molecule has 1 aromatic rings. The molecule has 1 fully saturated rings. The summed E-state index contributed by atoms with van der Waals surface area (Å²) < 4.78 is 3.51. The van der Waals surface area contributed by atoms with E-state index in [1.165, 1.54) is 12.0 Å². The van der Waals surface area contributed by atoms with Gasteiger partial charge in [-0.15, -0.1) is 0 Å². The van der Waals surface area contributed by atoms with Crippen molar-refractivity contribution < 1.29 is 9.53 Å². The van der Waals surface area contributed by atoms with E-state index in [1.807, 2.05) is 30.3 Å². The van der Waals surface area contributed by atoms with Gasteiger partial charge in [-0.25, -0.2) is 0 Å². The molecule has 98 valence electrons. The van der Waals surface area contributed by atoms with Gasteiger partial charge in [-0.2, -0.15) is 0 Å². The summed E-state index contributed by atoms with van der Waals surface area (Å²) in [6, 6.07) is 8.99. The van der Waals surface area contributed by atoms with E-state index in [9.17, 15) is 4.79 Å². The van der Waals surface area contributed by atoms with Gasteiger partial charge in [0.1, 0.15) is 6.04 Å². The fourth-order valence-electron chi connectivity index (χ4n) is 2.05. The maximum atomic E-state index is 11.9. The van der Waals surface area contributed by atoms with Crippen molar-refractivity contribution in [3.05, 3.63) is 35.9 Å². The van der Waals surface area contributed by atoms with Crippen LogP contribution in [0.4, 0.5) is 0 Å². The maximum Gasteiger partial charge on any atom is 0.254 e. The smallest absolute Gasteiger partial charge is 0.254 e. The first kappa shape index (κ1) is 13.9. The third-order valence-electron chi connectivity index (χ3n) is 2.93. The lowest BCUT2D eigenvalue weighted by Gasteiger charge is -2.49. The molecule has 6 heteroatoms. The van der Waals surface area contributed by atoms with Gasteiger partial charge < -0.3 is 9.64 Å². The molecular formula is C12H12Cl3NO2. The van der Waals surface area contributed by atoms with Crippen LogP contribution in [0.2, 0.25) is 0 Å². The summed E-state index contributed by atoms with van der Waals surface area (Å²) in [5, 5.41) is 0. The summed E-state index contributed by atoms with van der Waals surface area (Å²) in [6.07, 6.45) is -0.679. The summed E-state index contributed by atoms with van der Waals surface area (Å²) in [4.78, 5) is 13.4. The molecule has 0 N–H and O–H groups in total. The molecule has 0 bridgehead atoms. The Labute approximate surface area is 121 Å². The van der Waals surface area contributed by atoms with E-state index in [1.54, 1.807) is 0 Å². The Morgan fingerprint density at radius 2 is 1.89 bits per heavy atom. The first-order valence-corrected chi connectivity index (χ1v) is 6.52. The summed E-state index contributed by atoms with van der Waals surface area (Å²) in [5.74, 6) is -0.155. The van der Waals surface area contributed by atoms with Gasteiger partial charge in [0, 0.05) is 13.7 Å². The maximum absolute atomic E-state index is 11.9. The number of rotatable bonds is 3. The molecule has 1 aliphatic heterocycles. The molecule has 0 radical (unpaired) electrons. The van der Waals surface area contributed by atoms with Crippen LogP contribution in [0.15, 0.2) is 30.3 Å². The Morgan fingerprint density at radius 3 is 2.39 bits per heavy atom. The van der Waals surface area contributed by atoms with Crippen molar-refractivity contribution in [1.29, 1.82) is 0 Å². The zero-order chi connectivity index (χ0) is 13.3. The van der Waals surface area contributed by atoms with Gasteiger partial charge in [0.15, 0.2) is 6.10 Å². The molecule has 1 amide bonds. The number of likely N-dealkylation sites (tertiary alicyclic amines) is 1. The second kappa shape index (κ2) is 5.25. The highest BCUT2D eigenvalue weighted by Gasteiger charge is 2.56. The van der Waals surface area contributed by atoms with Gasteiger partial charge in [-0.1, -0.05) is 65.1 Å². The van der Waals surface area contributed by atoms with Crippen LogP contribution >= 0.6 is 34.8 Å². The van der Waals surface area contributed by atoms with E-state index in [2.05, 4.69) is 0 Å². The highest BCUT2D eigenvalue weighted by molar-refractivity contribution is 6.68. The SMILES string of the molecule is CO[C@@H]1C(=O)N(Cc2ccccc2)[C@@H]1C(Cl)(Cl)Cl. The second-order valence-corrected chi connectivity index (χ2v) is 6.46. The third kappa shape index (κ3) is 2.59. The average molecular weight is 309 g/mol. The topological polar surface area (TPSA) is 29.5 Å². The summed E-state index contributed by atoms with van der Waals surface area (Å²) in [5.41, 5.74) is 0.986. The Morgan fingerprint density at radius 1 is 1.28 bits per heavy atom. The molecule has 0 aliphatic carbocycles. The number of carbonyl (C=O) groups is 1. The summed E-state index contributed by atoms with van der Waals surface area (Å²) >= 11 is 17.7. The molecule has 3 nitrogen and oxygen atoms in total. The molecule has 0 spiro atoms. The number of β-lactam (4-membered cyclic amide) rings is 1. The lowest BCUT2D eigenvalue weighted by Crippen LogP contribution is -2.69.